The summed E-state index contributed by atoms with van der Waals surface area (Å²) in [6, 6.07) is 14.9. The number of unbranched alkanes of at least 4 members (excludes halogenated alkanes) is 7. The molecule has 2 nitrogen and oxygen atoms in total. The van der Waals surface area contributed by atoms with Crippen molar-refractivity contribution in [2.45, 2.75) is 64.7 Å². The molecule has 0 bridgehead atoms. The zero-order chi connectivity index (χ0) is 17.3. The van der Waals surface area contributed by atoms with Crippen molar-refractivity contribution >= 4 is 10.9 Å². The molecule has 3 aromatic rings. The van der Waals surface area contributed by atoms with Gasteiger partial charge >= 0.3 is 0 Å². The summed E-state index contributed by atoms with van der Waals surface area (Å²) in [6.45, 7) is 2.28. The summed E-state index contributed by atoms with van der Waals surface area (Å²) >= 11 is 0. The summed E-state index contributed by atoms with van der Waals surface area (Å²) in [6.07, 6.45) is 14.1. The molecular weight excluding hydrogens is 304 g/mol. The third-order valence-corrected chi connectivity index (χ3v) is 4.95. The molecule has 1 N–H and O–H groups in total. The number of rotatable bonds is 10. The first-order chi connectivity index (χ1) is 12.4. The van der Waals surface area contributed by atoms with E-state index in [1.54, 1.807) is 0 Å². The molecule has 2 heterocycles. The fourth-order valence-corrected chi connectivity index (χ4v) is 3.41. The molecule has 0 amide bonds. The van der Waals surface area contributed by atoms with Crippen LogP contribution in [0.15, 0.2) is 48.7 Å². The van der Waals surface area contributed by atoms with Crippen molar-refractivity contribution in [2.75, 3.05) is 0 Å². The van der Waals surface area contributed by atoms with Crippen molar-refractivity contribution in [2.24, 2.45) is 0 Å². The molecule has 0 radical (unpaired) electrons. The van der Waals surface area contributed by atoms with E-state index in [2.05, 4.69) is 59.4 Å². The van der Waals surface area contributed by atoms with E-state index in [-0.39, 0.29) is 0 Å². The average molecular weight is 335 g/mol. The van der Waals surface area contributed by atoms with Crippen LogP contribution in [0.1, 0.15) is 63.9 Å². The van der Waals surface area contributed by atoms with Crippen molar-refractivity contribution in [1.29, 1.82) is 0 Å². The van der Waals surface area contributed by atoms with E-state index in [1.165, 1.54) is 67.8 Å². The fourth-order valence-electron chi connectivity index (χ4n) is 3.41. The summed E-state index contributed by atoms with van der Waals surface area (Å²) in [5.74, 6) is 0. The Morgan fingerprint density at radius 2 is 1.60 bits per heavy atom. The summed E-state index contributed by atoms with van der Waals surface area (Å²) in [4.78, 5) is 8.11. The topological polar surface area (TPSA) is 28.7 Å². The van der Waals surface area contributed by atoms with Gasteiger partial charge in [0.15, 0.2) is 0 Å². The third kappa shape index (κ3) is 5.19. The largest absolute Gasteiger partial charge is 0.353 e. The molecule has 0 saturated carbocycles. The first-order valence-electron chi connectivity index (χ1n) is 9.90. The summed E-state index contributed by atoms with van der Waals surface area (Å²) in [5.41, 5.74) is 4.64. The van der Waals surface area contributed by atoms with Gasteiger partial charge in [-0.2, -0.15) is 0 Å². The van der Waals surface area contributed by atoms with Crippen LogP contribution in [0, 0.1) is 0 Å². The molecule has 0 aliphatic carbocycles. The number of nitrogens with zero attached hydrogens (tertiary/aromatic N) is 1. The number of fused-ring (bicyclic) bond motifs is 1. The minimum absolute atomic E-state index is 1.02. The number of H-pyrrole nitrogens is 1. The Labute approximate surface area is 151 Å². The van der Waals surface area contributed by atoms with Crippen LogP contribution in [0.25, 0.3) is 22.3 Å². The quantitative estimate of drug-likeness (QED) is 0.401. The van der Waals surface area contributed by atoms with Gasteiger partial charge in [0.1, 0.15) is 0 Å². The van der Waals surface area contributed by atoms with Gasteiger partial charge in [-0.3, -0.25) is 4.98 Å². The smallest absolute Gasteiger partial charge is 0.0864 e. The van der Waals surface area contributed by atoms with Crippen LogP contribution in [0.2, 0.25) is 0 Å². The molecular formula is C23H30N2. The Kier molecular flexibility index (Phi) is 6.67. The van der Waals surface area contributed by atoms with Crippen LogP contribution < -0.4 is 0 Å². The van der Waals surface area contributed by atoms with E-state index in [1.807, 2.05) is 6.20 Å². The van der Waals surface area contributed by atoms with Gasteiger partial charge in [0.05, 0.1) is 11.4 Å². The van der Waals surface area contributed by atoms with Crippen LogP contribution in [0.4, 0.5) is 0 Å². The van der Waals surface area contributed by atoms with E-state index < -0.39 is 0 Å². The van der Waals surface area contributed by atoms with Crippen LogP contribution in [-0.2, 0) is 6.42 Å². The molecule has 0 aliphatic rings. The minimum Gasteiger partial charge on any atom is -0.353 e. The molecule has 0 fully saturated rings. The lowest BCUT2D eigenvalue weighted by Crippen LogP contribution is -1.90. The average Bonchev–Trinajstić information content (AvgIpc) is 3.08. The highest BCUT2D eigenvalue weighted by Crippen LogP contribution is 2.22. The number of hydrogen-bond donors (Lipinski definition) is 1. The molecule has 0 saturated heterocycles. The van der Waals surface area contributed by atoms with Gasteiger partial charge in [0.25, 0.3) is 0 Å². The number of aromatic amines is 1. The van der Waals surface area contributed by atoms with Crippen LogP contribution in [-0.4, -0.2) is 9.97 Å². The number of pyridine rings is 1. The lowest BCUT2D eigenvalue weighted by molar-refractivity contribution is 0.575. The van der Waals surface area contributed by atoms with Crippen molar-refractivity contribution in [1.82, 2.24) is 9.97 Å². The molecule has 0 unspecified atom stereocenters. The Bertz CT molecular complexity index is 722. The summed E-state index contributed by atoms with van der Waals surface area (Å²) < 4.78 is 0. The zero-order valence-electron chi connectivity index (χ0n) is 15.4. The Balaban J connectivity index is 1.44. The standard InChI is InChI=1S/C23H30N2/c1-2-3-4-5-6-7-8-9-12-19-15-16-22(24-18-19)23-17-20-13-10-11-14-21(20)25-23/h10-11,13-18,25H,2-9,12H2,1H3. The van der Waals surface area contributed by atoms with Crippen molar-refractivity contribution in [3.05, 3.63) is 54.2 Å². The Hall–Kier alpha value is -2.09. The first kappa shape index (κ1) is 17.7. The van der Waals surface area contributed by atoms with Gasteiger partial charge in [-0.15, -0.1) is 0 Å². The van der Waals surface area contributed by atoms with E-state index in [9.17, 15) is 0 Å². The molecule has 25 heavy (non-hydrogen) atoms. The van der Waals surface area contributed by atoms with E-state index in [0.29, 0.717) is 0 Å². The van der Waals surface area contributed by atoms with E-state index in [0.717, 1.165) is 17.8 Å². The monoisotopic (exact) mass is 334 g/mol. The van der Waals surface area contributed by atoms with E-state index >= 15 is 0 Å². The van der Waals surface area contributed by atoms with Gasteiger partial charge in [0.2, 0.25) is 0 Å². The van der Waals surface area contributed by atoms with E-state index in [4.69, 9.17) is 0 Å². The number of para-hydroxylation sites is 1. The van der Waals surface area contributed by atoms with Gasteiger partial charge < -0.3 is 4.98 Å². The highest BCUT2D eigenvalue weighted by Gasteiger charge is 2.04. The molecule has 2 heteroatoms. The second-order valence-corrected chi connectivity index (χ2v) is 7.05. The zero-order valence-corrected chi connectivity index (χ0v) is 15.4. The Morgan fingerprint density at radius 1 is 0.840 bits per heavy atom. The maximum absolute atomic E-state index is 4.66. The summed E-state index contributed by atoms with van der Waals surface area (Å²) in [5, 5.41) is 1.24. The predicted molar refractivity (Wildman–Crippen MR) is 108 cm³/mol. The predicted octanol–water partition coefficient (Wildman–Crippen LogP) is 6.91. The van der Waals surface area contributed by atoms with Crippen LogP contribution >= 0.6 is 0 Å². The first-order valence-corrected chi connectivity index (χ1v) is 9.90. The second kappa shape index (κ2) is 9.41. The minimum atomic E-state index is 1.02. The van der Waals surface area contributed by atoms with Gasteiger partial charge in [0, 0.05) is 17.1 Å². The normalized spacial score (nSPS) is 11.2. The number of hydrogen-bond acceptors (Lipinski definition) is 1. The molecule has 0 spiro atoms. The van der Waals surface area contributed by atoms with Crippen LogP contribution in [0.5, 0.6) is 0 Å². The Morgan fingerprint density at radius 3 is 2.32 bits per heavy atom. The molecule has 2 aromatic heterocycles. The van der Waals surface area contributed by atoms with Gasteiger partial charge in [-0.1, -0.05) is 76.1 Å². The maximum atomic E-state index is 4.66. The van der Waals surface area contributed by atoms with Gasteiger partial charge in [-0.05, 0) is 36.6 Å². The molecule has 0 atom stereocenters. The number of aryl methyl sites for hydroxylation is 1. The second-order valence-electron chi connectivity index (χ2n) is 7.05. The SMILES string of the molecule is CCCCCCCCCCc1ccc(-c2cc3ccccc3[nH]2)nc1. The number of benzene rings is 1. The van der Waals surface area contributed by atoms with Crippen molar-refractivity contribution in [3.63, 3.8) is 0 Å². The fraction of sp³-hybridized carbons (Fsp3) is 0.435. The molecule has 132 valence electrons. The van der Waals surface area contributed by atoms with Gasteiger partial charge in [-0.25, -0.2) is 0 Å². The molecule has 0 aliphatic heterocycles. The third-order valence-electron chi connectivity index (χ3n) is 4.95. The number of nitrogens with one attached hydrogen (secondary N) is 1. The highest BCUT2D eigenvalue weighted by molar-refractivity contribution is 5.85. The molecule has 1 aromatic carbocycles. The summed E-state index contributed by atoms with van der Waals surface area (Å²) in [7, 11) is 0. The van der Waals surface area contributed by atoms with Crippen LogP contribution in [0.3, 0.4) is 0 Å². The lowest BCUT2D eigenvalue weighted by Gasteiger charge is -2.03. The molecule has 3 rings (SSSR count). The lowest BCUT2D eigenvalue weighted by atomic mass is 10.0. The van der Waals surface area contributed by atoms with Crippen molar-refractivity contribution < 1.29 is 0 Å². The van der Waals surface area contributed by atoms with Crippen molar-refractivity contribution in [3.8, 4) is 11.4 Å². The maximum Gasteiger partial charge on any atom is 0.0864 e. The number of aromatic nitrogens is 2. The highest BCUT2D eigenvalue weighted by atomic mass is 14.8.